The van der Waals surface area contributed by atoms with E-state index < -0.39 is 17.0 Å². The molecule has 4 rings (SSSR count). The molecular formula is C22H15ClF3N3OS. The number of nitrogens with one attached hydrogen (secondary N) is 1. The molecule has 158 valence electrons. The maximum absolute atomic E-state index is 13.0. The van der Waals surface area contributed by atoms with E-state index in [0.717, 1.165) is 40.2 Å². The fraction of sp³-hybridized carbons (Fsp3) is 0.136. The Hall–Kier alpha value is -2.84. The highest BCUT2D eigenvalue weighted by atomic mass is 35.5. The lowest BCUT2D eigenvalue weighted by atomic mass is 10.1. The zero-order valence-electron chi connectivity index (χ0n) is 15.9. The molecule has 0 saturated carbocycles. The van der Waals surface area contributed by atoms with Crippen LogP contribution in [0, 0.1) is 0 Å². The lowest BCUT2D eigenvalue weighted by Crippen LogP contribution is -2.26. The highest BCUT2D eigenvalue weighted by Crippen LogP contribution is 2.33. The summed E-state index contributed by atoms with van der Waals surface area (Å²) in [7, 11) is 0. The number of carbonyl (C=O) groups excluding carboxylic acids is 1. The number of amides is 1. The van der Waals surface area contributed by atoms with Crippen LogP contribution in [0.25, 0.3) is 10.8 Å². The SMILES string of the molecule is O=C1N/C(=N\N=C\c2cccc3ccccc23)SC1Cc1cc(C(F)(F)F)ccc1Cl. The van der Waals surface area contributed by atoms with Gasteiger partial charge in [-0.3, -0.25) is 4.79 Å². The summed E-state index contributed by atoms with van der Waals surface area (Å²) in [6.45, 7) is 0. The van der Waals surface area contributed by atoms with Crippen LogP contribution < -0.4 is 5.32 Å². The first kappa shape index (κ1) is 21.4. The van der Waals surface area contributed by atoms with E-state index in [9.17, 15) is 18.0 Å². The van der Waals surface area contributed by atoms with Crippen molar-refractivity contribution in [2.75, 3.05) is 0 Å². The van der Waals surface area contributed by atoms with Gasteiger partial charge in [-0.05, 0) is 41.0 Å². The maximum atomic E-state index is 13.0. The monoisotopic (exact) mass is 461 g/mol. The summed E-state index contributed by atoms with van der Waals surface area (Å²) in [5, 5.41) is 12.6. The van der Waals surface area contributed by atoms with E-state index in [-0.39, 0.29) is 28.1 Å². The van der Waals surface area contributed by atoms with Crippen molar-refractivity contribution in [2.24, 2.45) is 10.2 Å². The molecule has 9 heteroatoms. The molecule has 1 saturated heterocycles. The number of hydrogen-bond donors (Lipinski definition) is 1. The molecule has 31 heavy (non-hydrogen) atoms. The van der Waals surface area contributed by atoms with Gasteiger partial charge in [-0.1, -0.05) is 65.8 Å². The molecule has 1 unspecified atom stereocenters. The van der Waals surface area contributed by atoms with Crippen molar-refractivity contribution in [3.05, 3.63) is 82.4 Å². The molecule has 4 nitrogen and oxygen atoms in total. The first-order valence-electron chi connectivity index (χ1n) is 9.23. The number of fused-ring (bicyclic) bond motifs is 1. The van der Waals surface area contributed by atoms with Crippen LogP contribution in [0.15, 0.2) is 70.9 Å². The molecule has 1 aliphatic heterocycles. The number of benzene rings is 3. The third kappa shape index (κ3) is 4.91. The molecule has 3 aromatic rings. The topological polar surface area (TPSA) is 53.8 Å². The van der Waals surface area contributed by atoms with Gasteiger partial charge >= 0.3 is 6.18 Å². The molecule has 0 aromatic heterocycles. The molecule has 1 fully saturated rings. The smallest absolute Gasteiger partial charge is 0.303 e. The lowest BCUT2D eigenvalue weighted by Gasteiger charge is -2.12. The van der Waals surface area contributed by atoms with Crippen LogP contribution in [0.4, 0.5) is 13.2 Å². The Kier molecular flexibility index (Phi) is 6.02. The van der Waals surface area contributed by atoms with Crippen molar-refractivity contribution in [1.29, 1.82) is 0 Å². The number of alkyl halides is 3. The predicted molar refractivity (Wildman–Crippen MR) is 119 cm³/mol. The fourth-order valence-electron chi connectivity index (χ4n) is 3.20. The van der Waals surface area contributed by atoms with E-state index in [1.165, 1.54) is 6.07 Å². The molecule has 0 bridgehead atoms. The maximum Gasteiger partial charge on any atom is 0.416 e. The molecular weight excluding hydrogens is 447 g/mol. The van der Waals surface area contributed by atoms with Crippen LogP contribution in [0.5, 0.6) is 0 Å². The van der Waals surface area contributed by atoms with Crippen LogP contribution in [0.1, 0.15) is 16.7 Å². The van der Waals surface area contributed by atoms with Gasteiger partial charge in [-0.15, -0.1) is 5.10 Å². The normalized spacial score (nSPS) is 18.3. The predicted octanol–water partition coefficient (Wildman–Crippen LogP) is 5.68. The van der Waals surface area contributed by atoms with Crippen LogP contribution in [-0.4, -0.2) is 22.5 Å². The van der Waals surface area contributed by atoms with E-state index in [1.54, 1.807) is 6.21 Å². The summed E-state index contributed by atoms with van der Waals surface area (Å²) in [6.07, 6.45) is -2.84. The number of carbonyl (C=O) groups is 1. The van der Waals surface area contributed by atoms with Gasteiger partial charge in [0.05, 0.1) is 17.0 Å². The highest BCUT2D eigenvalue weighted by Gasteiger charge is 2.34. The third-order valence-electron chi connectivity index (χ3n) is 4.72. The number of halogens is 4. The quantitative estimate of drug-likeness (QED) is 0.401. The van der Waals surface area contributed by atoms with Crippen LogP contribution in [0.3, 0.4) is 0 Å². The Morgan fingerprint density at radius 1 is 1.10 bits per heavy atom. The van der Waals surface area contributed by atoms with Gasteiger partial charge in [0.15, 0.2) is 5.17 Å². The minimum atomic E-state index is -4.48. The van der Waals surface area contributed by atoms with Crippen molar-refractivity contribution in [2.45, 2.75) is 17.8 Å². The first-order chi connectivity index (χ1) is 14.8. The minimum Gasteiger partial charge on any atom is -0.303 e. The van der Waals surface area contributed by atoms with Crippen molar-refractivity contribution in [3.8, 4) is 0 Å². The molecule has 1 amide bonds. The summed E-state index contributed by atoms with van der Waals surface area (Å²) >= 11 is 7.16. The van der Waals surface area contributed by atoms with Crippen molar-refractivity contribution < 1.29 is 18.0 Å². The Balaban J connectivity index is 1.48. The third-order valence-corrected chi connectivity index (χ3v) is 6.16. The molecule has 0 radical (unpaired) electrons. The lowest BCUT2D eigenvalue weighted by molar-refractivity contribution is -0.137. The Labute approximate surface area is 185 Å². The van der Waals surface area contributed by atoms with Gasteiger partial charge in [0.2, 0.25) is 5.91 Å². The summed E-state index contributed by atoms with van der Waals surface area (Å²) in [4.78, 5) is 12.3. The first-order valence-corrected chi connectivity index (χ1v) is 10.5. The van der Waals surface area contributed by atoms with Crippen molar-refractivity contribution >= 4 is 51.4 Å². The van der Waals surface area contributed by atoms with Crippen LogP contribution in [-0.2, 0) is 17.4 Å². The average molecular weight is 462 g/mol. The van der Waals surface area contributed by atoms with Crippen LogP contribution >= 0.6 is 23.4 Å². The van der Waals surface area contributed by atoms with E-state index in [1.807, 2.05) is 42.5 Å². The van der Waals surface area contributed by atoms with E-state index in [4.69, 9.17) is 11.6 Å². The Morgan fingerprint density at radius 2 is 1.87 bits per heavy atom. The zero-order chi connectivity index (χ0) is 22.0. The van der Waals surface area contributed by atoms with Crippen LogP contribution in [0.2, 0.25) is 5.02 Å². The van der Waals surface area contributed by atoms with E-state index >= 15 is 0 Å². The standard InChI is InChI=1S/C22H15ClF3N3OS/c23-18-9-8-16(22(24,25)26)10-15(18)11-19-20(30)28-21(31-19)29-27-12-14-6-3-5-13-4-1-2-7-17(13)14/h1-10,12,19H,11H2,(H,28,29,30)/b27-12+. The molecule has 1 atom stereocenters. The van der Waals surface area contributed by atoms with Gasteiger partial charge in [0.1, 0.15) is 0 Å². The molecule has 1 N–H and O–H groups in total. The number of thioether (sulfide) groups is 1. The number of hydrogen-bond acceptors (Lipinski definition) is 4. The van der Waals surface area contributed by atoms with Gasteiger partial charge in [0.25, 0.3) is 0 Å². The van der Waals surface area contributed by atoms with Crippen molar-refractivity contribution in [1.82, 2.24) is 5.32 Å². The molecule has 0 spiro atoms. The fourth-order valence-corrected chi connectivity index (χ4v) is 4.35. The summed E-state index contributed by atoms with van der Waals surface area (Å²) in [5.41, 5.74) is 0.331. The van der Waals surface area contributed by atoms with E-state index in [2.05, 4.69) is 15.5 Å². The number of amidine groups is 1. The van der Waals surface area contributed by atoms with E-state index in [0.29, 0.717) is 0 Å². The summed E-state index contributed by atoms with van der Waals surface area (Å²) in [5.74, 6) is -0.349. The largest absolute Gasteiger partial charge is 0.416 e. The molecule has 1 heterocycles. The van der Waals surface area contributed by atoms with Gasteiger partial charge in [-0.2, -0.15) is 18.3 Å². The second-order valence-electron chi connectivity index (χ2n) is 6.82. The summed E-state index contributed by atoms with van der Waals surface area (Å²) < 4.78 is 38.9. The Bertz CT molecular complexity index is 1200. The second kappa shape index (κ2) is 8.72. The second-order valence-corrected chi connectivity index (χ2v) is 8.42. The van der Waals surface area contributed by atoms with Gasteiger partial charge in [0, 0.05) is 10.6 Å². The Morgan fingerprint density at radius 3 is 2.68 bits per heavy atom. The number of rotatable bonds is 4. The molecule has 3 aromatic carbocycles. The summed E-state index contributed by atoms with van der Waals surface area (Å²) in [6, 6.07) is 16.8. The van der Waals surface area contributed by atoms with Crippen molar-refractivity contribution in [3.63, 3.8) is 0 Å². The highest BCUT2D eigenvalue weighted by molar-refractivity contribution is 8.15. The van der Waals surface area contributed by atoms with Gasteiger partial charge < -0.3 is 5.32 Å². The van der Waals surface area contributed by atoms with Gasteiger partial charge in [-0.25, -0.2) is 0 Å². The number of nitrogens with zero attached hydrogens (tertiary/aromatic N) is 2. The minimum absolute atomic E-state index is 0.0469. The zero-order valence-corrected chi connectivity index (χ0v) is 17.4. The average Bonchev–Trinajstić information content (AvgIpc) is 3.08. The molecule has 1 aliphatic rings. The molecule has 0 aliphatic carbocycles.